The number of rotatable bonds is 10. The summed E-state index contributed by atoms with van der Waals surface area (Å²) in [5.41, 5.74) is 0.797. The molecule has 0 aliphatic rings. The molecular formula is C20H26N2O8S. The predicted molar refractivity (Wildman–Crippen MR) is 113 cm³/mol. The standard InChI is InChI=1S/C20H26N2O8S/c1-12(24)21-15(10-23)19(26)20(27)17(25)11-30-31(28,29)18-9-5-6-13-14(18)7-4-8-16(13)22(2)3/h4-10,15,17,19-20,25-27H,11H2,1-3H3,(H,21,24)/t15-,17+,19+,20+/m0/s1. The third kappa shape index (κ3) is 5.77. The molecule has 11 heteroatoms. The number of hydrogen-bond donors (Lipinski definition) is 4. The van der Waals surface area contributed by atoms with Crippen LogP contribution in [0.1, 0.15) is 6.92 Å². The predicted octanol–water partition coefficient (Wildman–Crippen LogP) is -0.603. The van der Waals surface area contributed by atoms with E-state index in [-0.39, 0.29) is 11.2 Å². The zero-order valence-corrected chi connectivity index (χ0v) is 18.1. The van der Waals surface area contributed by atoms with Crippen molar-refractivity contribution < 1.29 is 37.5 Å². The third-order valence-electron chi connectivity index (χ3n) is 4.63. The molecule has 0 bridgehead atoms. The molecule has 0 aliphatic carbocycles. The van der Waals surface area contributed by atoms with E-state index in [2.05, 4.69) is 5.32 Å². The molecule has 0 fully saturated rings. The molecule has 0 heterocycles. The molecule has 4 atom stereocenters. The molecule has 0 aromatic heterocycles. The second kappa shape index (κ2) is 10.2. The minimum atomic E-state index is -4.34. The Hall–Kier alpha value is -2.57. The second-order valence-corrected chi connectivity index (χ2v) is 8.76. The lowest BCUT2D eigenvalue weighted by Gasteiger charge is -2.26. The van der Waals surface area contributed by atoms with Crippen molar-refractivity contribution in [1.29, 1.82) is 0 Å². The zero-order chi connectivity index (χ0) is 23.3. The molecule has 2 aromatic rings. The van der Waals surface area contributed by atoms with Gasteiger partial charge in [0, 0.05) is 37.5 Å². The van der Waals surface area contributed by atoms with E-state index in [1.54, 1.807) is 24.3 Å². The first-order valence-corrected chi connectivity index (χ1v) is 10.8. The Morgan fingerprint density at radius 3 is 2.29 bits per heavy atom. The van der Waals surface area contributed by atoms with Gasteiger partial charge in [-0.3, -0.25) is 8.98 Å². The average Bonchev–Trinajstić information content (AvgIpc) is 2.73. The van der Waals surface area contributed by atoms with Crippen LogP contribution in [0, 0.1) is 0 Å². The minimum Gasteiger partial charge on any atom is -0.388 e. The van der Waals surface area contributed by atoms with Crippen molar-refractivity contribution in [1.82, 2.24) is 5.32 Å². The molecule has 0 radical (unpaired) electrons. The fraction of sp³-hybridized carbons (Fsp3) is 0.400. The van der Waals surface area contributed by atoms with Crippen LogP contribution in [0.25, 0.3) is 10.8 Å². The molecule has 0 saturated carbocycles. The van der Waals surface area contributed by atoms with Crippen LogP contribution in [-0.2, 0) is 23.9 Å². The van der Waals surface area contributed by atoms with Crippen molar-refractivity contribution in [3.63, 3.8) is 0 Å². The van der Waals surface area contributed by atoms with Crippen LogP contribution in [0.5, 0.6) is 0 Å². The lowest BCUT2D eigenvalue weighted by atomic mass is 10.0. The van der Waals surface area contributed by atoms with E-state index in [9.17, 15) is 33.3 Å². The number of fused-ring (bicyclic) bond motifs is 1. The molecule has 31 heavy (non-hydrogen) atoms. The van der Waals surface area contributed by atoms with Crippen molar-refractivity contribution in [2.45, 2.75) is 36.2 Å². The fourth-order valence-electron chi connectivity index (χ4n) is 3.07. The van der Waals surface area contributed by atoms with Gasteiger partial charge in [-0.25, -0.2) is 0 Å². The number of anilines is 1. The van der Waals surface area contributed by atoms with Crippen molar-refractivity contribution in [2.24, 2.45) is 0 Å². The van der Waals surface area contributed by atoms with Gasteiger partial charge in [-0.05, 0) is 12.1 Å². The number of aldehydes is 1. The van der Waals surface area contributed by atoms with Gasteiger partial charge in [0.15, 0.2) is 0 Å². The van der Waals surface area contributed by atoms with Crippen molar-refractivity contribution in [3.8, 4) is 0 Å². The average molecular weight is 455 g/mol. The van der Waals surface area contributed by atoms with Gasteiger partial charge in [0.05, 0.1) is 6.61 Å². The Kier molecular flexibility index (Phi) is 8.09. The number of carbonyl (C=O) groups is 2. The summed E-state index contributed by atoms with van der Waals surface area (Å²) in [6, 6.07) is 8.35. The van der Waals surface area contributed by atoms with Gasteiger partial charge >= 0.3 is 0 Å². The Morgan fingerprint density at radius 1 is 1.10 bits per heavy atom. The normalized spacial score (nSPS) is 15.7. The molecule has 2 rings (SSSR count). The van der Waals surface area contributed by atoms with E-state index >= 15 is 0 Å². The van der Waals surface area contributed by atoms with Gasteiger partial charge in [0.2, 0.25) is 5.91 Å². The quantitative estimate of drug-likeness (QED) is 0.272. The van der Waals surface area contributed by atoms with E-state index in [0.29, 0.717) is 10.8 Å². The van der Waals surface area contributed by atoms with Gasteiger partial charge in [-0.15, -0.1) is 0 Å². The number of carbonyl (C=O) groups excluding carboxylic acids is 2. The van der Waals surface area contributed by atoms with Crippen molar-refractivity contribution >= 4 is 38.8 Å². The summed E-state index contributed by atoms with van der Waals surface area (Å²) in [6.07, 6.45) is -5.49. The first-order valence-electron chi connectivity index (χ1n) is 9.34. The highest BCUT2D eigenvalue weighted by Gasteiger charge is 2.33. The molecule has 0 spiro atoms. The number of amides is 1. The summed E-state index contributed by atoms with van der Waals surface area (Å²) >= 11 is 0. The first kappa shape index (κ1) is 24.7. The number of nitrogens with zero attached hydrogens (tertiary/aromatic N) is 1. The van der Waals surface area contributed by atoms with Gasteiger partial charge in [0.25, 0.3) is 10.1 Å². The molecule has 170 valence electrons. The van der Waals surface area contributed by atoms with Crippen LogP contribution in [0.15, 0.2) is 41.3 Å². The lowest BCUT2D eigenvalue weighted by Crippen LogP contribution is -2.53. The highest BCUT2D eigenvalue weighted by atomic mass is 32.2. The van der Waals surface area contributed by atoms with Crippen LogP contribution in [0.3, 0.4) is 0 Å². The number of benzene rings is 2. The summed E-state index contributed by atoms with van der Waals surface area (Å²) < 4.78 is 30.4. The third-order valence-corrected chi connectivity index (χ3v) is 5.97. The van der Waals surface area contributed by atoms with Crippen LogP contribution in [0.2, 0.25) is 0 Å². The highest BCUT2D eigenvalue weighted by Crippen LogP contribution is 2.31. The van der Waals surface area contributed by atoms with Crippen LogP contribution < -0.4 is 10.2 Å². The Morgan fingerprint density at radius 2 is 1.71 bits per heavy atom. The molecule has 0 aliphatic heterocycles. The molecule has 1 amide bonds. The molecule has 0 unspecified atom stereocenters. The first-order chi connectivity index (χ1) is 14.5. The Labute approximate surface area is 180 Å². The highest BCUT2D eigenvalue weighted by molar-refractivity contribution is 7.87. The Bertz CT molecular complexity index is 1040. The number of hydrogen-bond acceptors (Lipinski definition) is 9. The summed E-state index contributed by atoms with van der Waals surface area (Å²) in [5.74, 6) is -0.635. The molecule has 0 saturated heterocycles. The second-order valence-electron chi connectivity index (χ2n) is 7.17. The maximum atomic E-state index is 12.8. The fourth-order valence-corrected chi connectivity index (χ4v) is 4.21. The van der Waals surface area contributed by atoms with Crippen LogP contribution in [0.4, 0.5) is 5.69 Å². The van der Waals surface area contributed by atoms with E-state index in [4.69, 9.17) is 4.18 Å². The summed E-state index contributed by atoms with van der Waals surface area (Å²) in [4.78, 5) is 23.8. The monoisotopic (exact) mass is 454 g/mol. The van der Waals surface area contributed by atoms with Gasteiger partial charge in [-0.1, -0.05) is 24.3 Å². The van der Waals surface area contributed by atoms with E-state index < -0.39 is 47.0 Å². The van der Waals surface area contributed by atoms with E-state index in [0.717, 1.165) is 12.6 Å². The summed E-state index contributed by atoms with van der Waals surface area (Å²) in [5, 5.41) is 33.3. The Balaban J connectivity index is 2.21. The molecular weight excluding hydrogens is 428 g/mol. The lowest BCUT2D eigenvalue weighted by molar-refractivity contribution is -0.129. The van der Waals surface area contributed by atoms with E-state index in [1.165, 1.54) is 6.07 Å². The zero-order valence-electron chi connectivity index (χ0n) is 17.3. The summed E-state index contributed by atoms with van der Waals surface area (Å²) in [6.45, 7) is 0.226. The smallest absolute Gasteiger partial charge is 0.297 e. The van der Waals surface area contributed by atoms with Crippen molar-refractivity contribution in [3.05, 3.63) is 36.4 Å². The molecule has 10 nitrogen and oxygen atoms in total. The maximum absolute atomic E-state index is 12.8. The minimum absolute atomic E-state index is 0.125. The number of aliphatic hydroxyl groups excluding tert-OH is 3. The summed E-state index contributed by atoms with van der Waals surface area (Å²) in [7, 11) is -0.694. The van der Waals surface area contributed by atoms with Crippen LogP contribution in [-0.4, -0.2) is 81.0 Å². The van der Waals surface area contributed by atoms with Crippen molar-refractivity contribution in [2.75, 3.05) is 25.6 Å². The van der Waals surface area contributed by atoms with Gasteiger partial charge in [0.1, 0.15) is 35.5 Å². The largest absolute Gasteiger partial charge is 0.388 e. The number of nitrogens with one attached hydrogen (secondary N) is 1. The van der Waals surface area contributed by atoms with Gasteiger partial charge < -0.3 is 30.3 Å². The molecule has 2 aromatic carbocycles. The molecule has 4 N–H and O–H groups in total. The van der Waals surface area contributed by atoms with Gasteiger partial charge in [-0.2, -0.15) is 8.42 Å². The maximum Gasteiger partial charge on any atom is 0.297 e. The number of aliphatic hydroxyl groups is 3. The topological polar surface area (TPSA) is 153 Å². The van der Waals surface area contributed by atoms with E-state index in [1.807, 2.05) is 25.1 Å². The van der Waals surface area contributed by atoms with Crippen LogP contribution >= 0.6 is 0 Å². The SMILES string of the molecule is CC(=O)N[C@@H](C=O)[C@@H](O)[C@H](O)[C@H](O)COS(=O)(=O)c1cccc2c(N(C)C)cccc12.